The van der Waals surface area contributed by atoms with Crippen LogP contribution in [0.5, 0.6) is 0 Å². The van der Waals surface area contributed by atoms with Gasteiger partial charge in [-0.25, -0.2) is 0 Å². The molecular weight excluding hydrogens is 396 g/mol. The minimum absolute atomic E-state index is 0.170. The second-order valence-corrected chi connectivity index (χ2v) is 13.5. The first kappa shape index (κ1) is 24.7. The van der Waals surface area contributed by atoms with Crippen molar-refractivity contribution < 1.29 is 15.3 Å². The quantitative estimate of drug-likeness (QED) is 0.405. The molecule has 4 rings (SSSR count). The lowest BCUT2D eigenvalue weighted by atomic mass is 9.46. The molecule has 184 valence electrons. The van der Waals surface area contributed by atoms with E-state index >= 15 is 0 Å². The lowest BCUT2D eigenvalue weighted by Gasteiger charge is -2.59. The van der Waals surface area contributed by atoms with Gasteiger partial charge < -0.3 is 15.3 Å². The monoisotopic (exact) mass is 446 g/mol. The van der Waals surface area contributed by atoms with E-state index in [-0.39, 0.29) is 6.61 Å². The van der Waals surface area contributed by atoms with Crippen LogP contribution in [0.4, 0.5) is 0 Å². The Labute approximate surface area is 197 Å². The van der Waals surface area contributed by atoms with Gasteiger partial charge in [0.25, 0.3) is 0 Å². The first-order chi connectivity index (χ1) is 14.9. The van der Waals surface area contributed by atoms with E-state index in [1.54, 1.807) is 5.57 Å². The summed E-state index contributed by atoms with van der Waals surface area (Å²) in [6.07, 6.45) is 15.5. The van der Waals surface area contributed by atoms with Crippen molar-refractivity contribution in [3.05, 3.63) is 11.6 Å². The van der Waals surface area contributed by atoms with Crippen LogP contribution in [0.2, 0.25) is 0 Å². The second kappa shape index (κ2) is 8.68. The summed E-state index contributed by atoms with van der Waals surface area (Å²) >= 11 is 0. The molecule has 3 heteroatoms. The molecule has 0 heterocycles. The highest BCUT2D eigenvalue weighted by molar-refractivity contribution is 5.26. The van der Waals surface area contributed by atoms with Crippen LogP contribution >= 0.6 is 0 Å². The van der Waals surface area contributed by atoms with Crippen molar-refractivity contribution in [1.29, 1.82) is 0 Å². The molecule has 0 spiro atoms. The van der Waals surface area contributed by atoms with Crippen molar-refractivity contribution in [1.82, 2.24) is 0 Å². The van der Waals surface area contributed by atoms with E-state index in [1.165, 1.54) is 32.1 Å². The standard InChI is InChI=1S/C29H50O3/c1-20(11-14-26(2,31)13-6-18-30)23-9-10-24-22-8-7-21-19-27(3,32)16-17-28(21,4)25(22)12-15-29(23,24)5/h7,20,22-25,30-32H,6,8-19H2,1-5H3/t20-,22+,23-,24+,25+,26-,27+,28+,29-/m1/s1. The molecule has 0 aliphatic heterocycles. The molecule has 0 unspecified atom stereocenters. The zero-order valence-electron chi connectivity index (χ0n) is 21.5. The van der Waals surface area contributed by atoms with Gasteiger partial charge in [0.15, 0.2) is 0 Å². The van der Waals surface area contributed by atoms with Gasteiger partial charge in [0.2, 0.25) is 0 Å². The molecule has 4 aliphatic rings. The average Bonchev–Trinajstić information content (AvgIpc) is 3.08. The van der Waals surface area contributed by atoms with Gasteiger partial charge in [-0.1, -0.05) is 32.4 Å². The number of aliphatic hydroxyl groups excluding tert-OH is 1. The van der Waals surface area contributed by atoms with Gasteiger partial charge in [0, 0.05) is 6.61 Å². The fourth-order valence-corrected chi connectivity index (χ4v) is 9.10. The molecule has 3 fully saturated rings. The van der Waals surface area contributed by atoms with Crippen LogP contribution < -0.4 is 0 Å². The summed E-state index contributed by atoms with van der Waals surface area (Å²) in [6, 6.07) is 0. The zero-order valence-corrected chi connectivity index (χ0v) is 21.5. The highest BCUT2D eigenvalue weighted by Crippen LogP contribution is 2.67. The summed E-state index contributed by atoms with van der Waals surface area (Å²) in [5.41, 5.74) is 1.16. The Morgan fingerprint density at radius 2 is 1.81 bits per heavy atom. The van der Waals surface area contributed by atoms with Crippen LogP contribution in [-0.4, -0.2) is 33.1 Å². The lowest BCUT2D eigenvalue weighted by molar-refractivity contribution is -0.0716. The van der Waals surface area contributed by atoms with Gasteiger partial charge in [-0.2, -0.15) is 0 Å². The predicted molar refractivity (Wildman–Crippen MR) is 131 cm³/mol. The fourth-order valence-electron chi connectivity index (χ4n) is 9.10. The number of allylic oxidation sites excluding steroid dienone is 1. The van der Waals surface area contributed by atoms with E-state index in [0.717, 1.165) is 55.8 Å². The van der Waals surface area contributed by atoms with Gasteiger partial charge in [-0.15, -0.1) is 0 Å². The molecule has 32 heavy (non-hydrogen) atoms. The van der Waals surface area contributed by atoms with Crippen LogP contribution in [-0.2, 0) is 0 Å². The highest BCUT2D eigenvalue weighted by Gasteiger charge is 2.59. The molecule has 9 atom stereocenters. The van der Waals surface area contributed by atoms with Crippen LogP contribution in [0.25, 0.3) is 0 Å². The third kappa shape index (κ3) is 4.36. The number of fused-ring (bicyclic) bond motifs is 5. The number of hydrogen-bond donors (Lipinski definition) is 3. The first-order valence-corrected chi connectivity index (χ1v) is 13.7. The first-order valence-electron chi connectivity index (χ1n) is 13.7. The Morgan fingerprint density at radius 3 is 2.53 bits per heavy atom. The summed E-state index contributed by atoms with van der Waals surface area (Å²) in [7, 11) is 0. The zero-order chi connectivity index (χ0) is 23.4. The summed E-state index contributed by atoms with van der Waals surface area (Å²) < 4.78 is 0. The van der Waals surface area contributed by atoms with E-state index in [1.807, 2.05) is 13.8 Å². The van der Waals surface area contributed by atoms with E-state index in [2.05, 4.69) is 26.8 Å². The summed E-state index contributed by atoms with van der Waals surface area (Å²) in [6.45, 7) is 11.7. The highest BCUT2D eigenvalue weighted by atomic mass is 16.3. The van der Waals surface area contributed by atoms with Crippen molar-refractivity contribution in [3.8, 4) is 0 Å². The van der Waals surface area contributed by atoms with Gasteiger partial charge in [0.1, 0.15) is 0 Å². The van der Waals surface area contributed by atoms with Crippen LogP contribution in [0.1, 0.15) is 112 Å². The maximum atomic E-state index is 10.7. The minimum Gasteiger partial charge on any atom is -0.396 e. The molecule has 3 N–H and O–H groups in total. The maximum absolute atomic E-state index is 10.7. The maximum Gasteiger partial charge on any atom is 0.0657 e. The molecule has 4 aliphatic carbocycles. The molecule has 3 saturated carbocycles. The number of rotatable bonds is 7. The normalized spacial score (nSPS) is 46.4. The number of hydrogen-bond acceptors (Lipinski definition) is 3. The van der Waals surface area contributed by atoms with Crippen molar-refractivity contribution in [2.45, 2.75) is 123 Å². The van der Waals surface area contributed by atoms with Crippen LogP contribution in [0.15, 0.2) is 11.6 Å². The molecule has 0 radical (unpaired) electrons. The minimum atomic E-state index is -0.644. The van der Waals surface area contributed by atoms with Crippen LogP contribution in [0, 0.1) is 40.4 Å². The SMILES string of the molecule is C[C@H](CC[C@](C)(O)CCCO)[C@H]1CC[C@H]2[C@@H]3CC=C4C[C@@](C)(O)CC[C@]4(C)[C@H]3CC[C@]12C. The second-order valence-electron chi connectivity index (χ2n) is 13.5. The van der Waals surface area contributed by atoms with Crippen molar-refractivity contribution in [2.24, 2.45) is 40.4 Å². The summed E-state index contributed by atoms with van der Waals surface area (Å²) in [5.74, 6) is 3.87. The predicted octanol–water partition coefficient (Wildman–Crippen LogP) is 6.26. The van der Waals surface area contributed by atoms with E-state index in [9.17, 15) is 10.2 Å². The van der Waals surface area contributed by atoms with E-state index in [4.69, 9.17) is 5.11 Å². The molecule has 0 aromatic carbocycles. The molecule has 0 aromatic heterocycles. The van der Waals surface area contributed by atoms with Crippen molar-refractivity contribution in [3.63, 3.8) is 0 Å². The number of aliphatic hydroxyl groups is 3. The Morgan fingerprint density at radius 1 is 1.06 bits per heavy atom. The lowest BCUT2D eigenvalue weighted by Crippen LogP contribution is -2.52. The van der Waals surface area contributed by atoms with Gasteiger partial charge in [0.05, 0.1) is 11.2 Å². The third-order valence-electron chi connectivity index (χ3n) is 11.2. The molecule has 0 bridgehead atoms. The largest absolute Gasteiger partial charge is 0.396 e. The molecule has 0 aromatic rings. The van der Waals surface area contributed by atoms with E-state index < -0.39 is 11.2 Å². The molecular formula is C29H50O3. The average molecular weight is 447 g/mol. The Bertz CT molecular complexity index is 709. The van der Waals surface area contributed by atoms with Gasteiger partial charge >= 0.3 is 0 Å². The van der Waals surface area contributed by atoms with Gasteiger partial charge in [-0.3, -0.25) is 0 Å². The Hall–Kier alpha value is -0.380. The van der Waals surface area contributed by atoms with Gasteiger partial charge in [-0.05, 0) is 131 Å². The Kier molecular flexibility index (Phi) is 6.71. The topological polar surface area (TPSA) is 60.7 Å². The molecule has 0 saturated heterocycles. The van der Waals surface area contributed by atoms with Crippen LogP contribution in [0.3, 0.4) is 0 Å². The summed E-state index contributed by atoms with van der Waals surface area (Å²) in [4.78, 5) is 0. The third-order valence-corrected chi connectivity index (χ3v) is 11.2. The fraction of sp³-hybridized carbons (Fsp3) is 0.931. The van der Waals surface area contributed by atoms with Crippen molar-refractivity contribution >= 4 is 0 Å². The Balaban J connectivity index is 1.45. The molecule has 0 amide bonds. The molecule has 3 nitrogen and oxygen atoms in total. The summed E-state index contributed by atoms with van der Waals surface area (Å²) in [5, 5.41) is 30.5. The van der Waals surface area contributed by atoms with E-state index in [0.29, 0.717) is 29.6 Å². The van der Waals surface area contributed by atoms with Crippen molar-refractivity contribution in [2.75, 3.05) is 6.61 Å². The smallest absolute Gasteiger partial charge is 0.0657 e.